The summed E-state index contributed by atoms with van der Waals surface area (Å²) in [6, 6.07) is 9.24. The molecule has 34 heavy (non-hydrogen) atoms. The Morgan fingerprint density at radius 1 is 1.00 bits per heavy atom. The van der Waals surface area contributed by atoms with Gasteiger partial charge in [-0.3, -0.25) is 14.2 Å². The number of carbonyl (C=O) groups excluding carboxylic acids is 1. The molecule has 2 aromatic heterocycles. The van der Waals surface area contributed by atoms with Crippen molar-refractivity contribution >= 4 is 16.8 Å². The van der Waals surface area contributed by atoms with Crippen LogP contribution in [0.5, 0.6) is 0 Å². The van der Waals surface area contributed by atoms with Crippen LogP contribution >= 0.6 is 0 Å². The number of carbonyl (C=O) groups is 1. The van der Waals surface area contributed by atoms with Gasteiger partial charge < -0.3 is 4.90 Å². The second-order valence-corrected chi connectivity index (χ2v) is 9.10. The minimum absolute atomic E-state index is 0.0782. The fourth-order valence-electron chi connectivity index (χ4n) is 5.73. The predicted molar refractivity (Wildman–Crippen MR) is 119 cm³/mol. The molecule has 2 atom stereocenters. The molecule has 0 radical (unpaired) electrons. The first-order chi connectivity index (χ1) is 16.3. The lowest BCUT2D eigenvalue weighted by molar-refractivity contribution is 0.0383. The summed E-state index contributed by atoms with van der Waals surface area (Å²) in [5.41, 5.74) is 3.69. The lowest BCUT2D eigenvalue weighted by Crippen LogP contribution is -2.50. The molecule has 0 spiro atoms. The van der Waals surface area contributed by atoms with Gasteiger partial charge in [-0.25, -0.2) is 13.2 Å². The van der Waals surface area contributed by atoms with Gasteiger partial charge in [-0.15, -0.1) is 0 Å². The summed E-state index contributed by atoms with van der Waals surface area (Å²) in [5.74, 6) is -4.05. The van der Waals surface area contributed by atoms with E-state index in [-0.39, 0.29) is 23.6 Å². The zero-order valence-electron chi connectivity index (χ0n) is 18.7. The van der Waals surface area contributed by atoms with Gasteiger partial charge in [0.25, 0.3) is 5.91 Å². The van der Waals surface area contributed by atoms with Gasteiger partial charge in [0.05, 0.1) is 22.9 Å². The van der Waals surface area contributed by atoms with E-state index >= 15 is 0 Å². The molecular weight excluding hydrogens is 443 g/mol. The number of aryl methyl sites for hydroxylation is 2. The number of piperidine rings is 1. The zero-order valence-corrected chi connectivity index (χ0v) is 18.7. The summed E-state index contributed by atoms with van der Waals surface area (Å²) in [6.45, 7) is 0. The number of amides is 1. The van der Waals surface area contributed by atoms with Crippen LogP contribution in [0.25, 0.3) is 22.2 Å². The van der Waals surface area contributed by atoms with E-state index in [0.29, 0.717) is 17.8 Å². The molecule has 6 nitrogen and oxygen atoms in total. The van der Waals surface area contributed by atoms with Crippen LogP contribution in [0.15, 0.2) is 36.4 Å². The normalized spacial score (nSPS) is 19.5. The Bertz CT molecular complexity index is 1450. The average Bonchev–Trinajstić information content (AvgIpc) is 3.31. The molecule has 0 saturated carbocycles. The summed E-state index contributed by atoms with van der Waals surface area (Å²) in [5, 5.41) is 9.99. The average molecular weight is 465 g/mol. The third kappa shape index (κ3) is 2.92. The minimum atomic E-state index is -1.49. The Morgan fingerprint density at radius 3 is 2.50 bits per heavy atom. The molecule has 1 saturated heterocycles. The Kier molecular flexibility index (Phi) is 4.59. The van der Waals surface area contributed by atoms with Gasteiger partial charge in [-0.1, -0.05) is 18.2 Å². The molecule has 0 N–H and O–H groups in total. The van der Waals surface area contributed by atoms with Crippen molar-refractivity contribution in [3.8, 4) is 11.3 Å². The topological polar surface area (TPSA) is 56.0 Å². The standard InChI is InChI=1S/C25H22F3N5O/c1-31-23(13-10-17(26)21(28)18(27)11-13)16-12-14-6-5-9-20(22(16)30-31)33(14)25(34)24-15-7-3-4-8-19(15)29-32(24)2/h3-4,7-8,10-11,14,20H,5-6,9,12H2,1-2H3/t14-,20+/m1/s1. The van der Waals surface area contributed by atoms with Crippen LogP contribution in [-0.4, -0.2) is 36.4 Å². The van der Waals surface area contributed by atoms with E-state index in [1.54, 1.807) is 23.5 Å². The molecule has 1 fully saturated rings. The Hall–Kier alpha value is -3.62. The van der Waals surface area contributed by atoms with Gasteiger partial charge in [0.2, 0.25) is 0 Å². The molecule has 0 unspecified atom stereocenters. The van der Waals surface area contributed by atoms with E-state index in [1.165, 1.54) is 0 Å². The van der Waals surface area contributed by atoms with Crippen molar-refractivity contribution in [3.63, 3.8) is 0 Å². The number of hydrogen-bond donors (Lipinski definition) is 0. The first-order valence-electron chi connectivity index (χ1n) is 11.3. The lowest BCUT2D eigenvalue weighted by atomic mass is 9.81. The largest absolute Gasteiger partial charge is 0.325 e. The van der Waals surface area contributed by atoms with Gasteiger partial charge in [0.15, 0.2) is 17.5 Å². The summed E-state index contributed by atoms with van der Waals surface area (Å²) in [7, 11) is 3.48. The lowest BCUT2D eigenvalue weighted by Gasteiger charge is -2.45. The highest BCUT2D eigenvalue weighted by Gasteiger charge is 2.44. The second kappa shape index (κ2) is 7.44. The molecule has 9 heteroatoms. The van der Waals surface area contributed by atoms with E-state index in [9.17, 15) is 18.0 Å². The third-order valence-corrected chi connectivity index (χ3v) is 7.11. The first kappa shape index (κ1) is 20.9. The van der Waals surface area contributed by atoms with Crippen LogP contribution in [0.1, 0.15) is 47.1 Å². The van der Waals surface area contributed by atoms with Crippen molar-refractivity contribution in [1.29, 1.82) is 0 Å². The number of nitrogens with zero attached hydrogens (tertiary/aromatic N) is 5. The van der Waals surface area contributed by atoms with Crippen molar-refractivity contribution in [2.75, 3.05) is 0 Å². The molecule has 2 aliphatic heterocycles. The first-order valence-corrected chi connectivity index (χ1v) is 11.3. The number of aromatic nitrogens is 4. The van der Waals surface area contributed by atoms with Crippen molar-refractivity contribution in [3.05, 3.63) is 70.8 Å². The van der Waals surface area contributed by atoms with Crippen LogP contribution in [0, 0.1) is 17.5 Å². The third-order valence-electron chi connectivity index (χ3n) is 7.11. The van der Waals surface area contributed by atoms with E-state index in [1.807, 2.05) is 29.2 Å². The number of fused-ring (bicyclic) bond motifs is 5. The van der Waals surface area contributed by atoms with Gasteiger partial charge in [-0.05, 0) is 43.9 Å². The quantitative estimate of drug-likeness (QED) is 0.404. The number of benzene rings is 2. The van der Waals surface area contributed by atoms with E-state index in [4.69, 9.17) is 5.10 Å². The highest BCUT2D eigenvalue weighted by atomic mass is 19.2. The molecular formula is C25H22F3N5O. The summed E-state index contributed by atoms with van der Waals surface area (Å²) >= 11 is 0. The Morgan fingerprint density at radius 2 is 1.74 bits per heavy atom. The van der Waals surface area contributed by atoms with Crippen LogP contribution in [0.3, 0.4) is 0 Å². The van der Waals surface area contributed by atoms with E-state index in [0.717, 1.165) is 53.6 Å². The van der Waals surface area contributed by atoms with Gasteiger partial charge in [0, 0.05) is 36.7 Å². The fraction of sp³-hybridized carbons (Fsp3) is 0.320. The summed E-state index contributed by atoms with van der Waals surface area (Å²) in [6.07, 6.45) is 3.03. The smallest absolute Gasteiger partial charge is 0.273 e. The van der Waals surface area contributed by atoms with Crippen LogP contribution in [0.4, 0.5) is 13.2 Å². The number of hydrogen-bond acceptors (Lipinski definition) is 3. The van der Waals surface area contributed by atoms with Crippen LogP contribution in [0.2, 0.25) is 0 Å². The maximum absolute atomic E-state index is 14.0. The molecule has 2 aromatic carbocycles. The molecule has 6 rings (SSSR count). The molecule has 4 aromatic rings. The zero-order chi connectivity index (χ0) is 23.7. The Labute approximate surface area is 193 Å². The van der Waals surface area contributed by atoms with Crippen LogP contribution in [-0.2, 0) is 20.5 Å². The number of halogens is 3. The maximum Gasteiger partial charge on any atom is 0.273 e. The molecule has 174 valence electrons. The van der Waals surface area contributed by atoms with Crippen molar-refractivity contribution in [2.45, 2.75) is 37.8 Å². The number of rotatable bonds is 2. The molecule has 1 amide bonds. The monoisotopic (exact) mass is 465 g/mol. The minimum Gasteiger partial charge on any atom is -0.325 e. The molecule has 0 aliphatic carbocycles. The van der Waals surface area contributed by atoms with E-state index < -0.39 is 17.5 Å². The van der Waals surface area contributed by atoms with Crippen LogP contribution < -0.4 is 0 Å². The van der Waals surface area contributed by atoms with Gasteiger partial charge in [-0.2, -0.15) is 10.2 Å². The second-order valence-electron chi connectivity index (χ2n) is 9.10. The van der Waals surface area contributed by atoms with Crippen molar-refractivity contribution in [1.82, 2.24) is 24.5 Å². The van der Waals surface area contributed by atoms with Crippen molar-refractivity contribution in [2.24, 2.45) is 14.1 Å². The molecule has 4 heterocycles. The highest BCUT2D eigenvalue weighted by Crippen LogP contribution is 2.45. The highest BCUT2D eigenvalue weighted by molar-refractivity contribution is 6.05. The van der Waals surface area contributed by atoms with E-state index in [2.05, 4.69) is 5.10 Å². The maximum atomic E-state index is 14.0. The fourth-order valence-corrected chi connectivity index (χ4v) is 5.73. The molecule has 2 aliphatic rings. The van der Waals surface area contributed by atoms with Gasteiger partial charge in [0.1, 0.15) is 5.69 Å². The SMILES string of the molecule is Cn1nc2c(c1-c1cc(F)c(F)c(F)c1)C[C@H]1CCC[C@@H]2N1C(=O)c1c2ccccc2nn1C. The summed E-state index contributed by atoms with van der Waals surface area (Å²) in [4.78, 5) is 15.8. The van der Waals surface area contributed by atoms with Gasteiger partial charge >= 0.3 is 0 Å². The molecule has 2 bridgehead atoms. The van der Waals surface area contributed by atoms with Crippen molar-refractivity contribution < 1.29 is 18.0 Å². The summed E-state index contributed by atoms with van der Waals surface area (Å²) < 4.78 is 44.8. The Balaban J connectivity index is 1.46. The predicted octanol–water partition coefficient (Wildman–Crippen LogP) is 4.68.